The van der Waals surface area contributed by atoms with E-state index in [1.54, 1.807) is 18.2 Å². The highest BCUT2D eigenvalue weighted by atomic mass is 19.1. The van der Waals surface area contributed by atoms with Gasteiger partial charge in [-0.2, -0.15) is 0 Å². The normalized spacial score (nSPS) is 24.9. The molecule has 1 aromatic carbocycles. The topological polar surface area (TPSA) is 67.2 Å². The Labute approximate surface area is 145 Å². The van der Waals surface area contributed by atoms with E-state index in [9.17, 15) is 14.3 Å². The second-order valence-electron chi connectivity index (χ2n) is 7.31. The lowest BCUT2D eigenvalue weighted by Gasteiger charge is -2.56. The Balaban J connectivity index is 1.64. The molecule has 132 valence electrons. The Morgan fingerprint density at radius 3 is 2.76 bits per heavy atom. The van der Waals surface area contributed by atoms with Crippen LogP contribution in [0.15, 0.2) is 41.5 Å². The molecule has 1 saturated carbocycles. The number of halogens is 1. The molecule has 1 atom stereocenters. The van der Waals surface area contributed by atoms with Crippen molar-refractivity contribution in [1.82, 2.24) is 14.9 Å². The minimum absolute atomic E-state index is 0.144. The average Bonchev–Trinajstić information content (AvgIpc) is 2.56. The molecule has 25 heavy (non-hydrogen) atoms. The third-order valence-electron chi connectivity index (χ3n) is 5.94. The molecule has 1 aromatic heterocycles. The van der Waals surface area contributed by atoms with E-state index < -0.39 is 11.4 Å². The highest BCUT2D eigenvalue weighted by molar-refractivity contribution is 5.58. The predicted molar refractivity (Wildman–Crippen MR) is 92.6 cm³/mol. The van der Waals surface area contributed by atoms with E-state index in [-0.39, 0.29) is 17.5 Å². The Bertz CT molecular complexity index is 847. The minimum atomic E-state index is -0.901. The van der Waals surface area contributed by atoms with Gasteiger partial charge in [-0.05, 0) is 37.9 Å². The van der Waals surface area contributed by atoms with Gasteiger partial charge in [0.25, 0.3) is 5.56 Å². The van der Waals surface area contributed by atoms with Crippen LogP contribution >= 0.6 is 0 Å². The van der Waals surface area contributed by atoms with Crippen molar-refractivity contribution in [3.05, 3.63) is 52.8 Å². The van der Waals surface area contributed by atoms with Gasteiger partial charge in [0.1, 0.15) is 5.82 Å². The lowest BCUT2D eigenvalue weighted by Crippen LogP contribution is -2.64. The zero-order chi connectivity index (χ0) is 17.5. The van der Waals surface area contributed by atoms with Crippen LogP contribution in [0.4, 0.5) is 4.39 Å². The van der Waals surface area contributed by atoms with E-state index in [0.29, 0.717) is 17.7 Å². The molecule has 1 aliphatic heterocycles. The molecular formula is C19H22FN3O2. The van der Waals surface area contributed by atoms with Crippen LogP contribution in [0, 0.1) is 11.2 Å². The molecule has 1 spiro atoms. The number of rotatable bonds is 3. The first kappa shape index (κ1) is 16.4. The first-order valence-corrected chi connectivity index (χ1v) is 8.78. The van der Waals surface area contributed by atoms with Crippen molar-refractivity contribution < 1.29 is 9.50 Å². The van der Waals surface area contributed by atoms with Gasteiger partial charge in [-0.1, -0.05) is 18.6 Å². The summed E-state index contributed by atoms with van der Waals surface area (Å²) >= 11 is 0. The summed E-state index contributed by atoms with van der Waals surface area (Å²) in [5.74, 6) is -0.405. The second kappa shape index (κ2) is 6.04. The van der Waals surface area contributed by atoms with Crippen molar-refractivity contribution in [2.75, 3.05) is 13.1 Å². The second-order valence-corrected chi connectivity index (χ2v) is 7.31. The van der Waals surface area contributed by atoms with E-state index in [4.69, 9.17) is 0 Å². The van der Waals surface area contributed by atoms with Crippen LogP contribution in [0.3, 0.4) is 0 Å². The minimum Gasteiger partial charge on any atom is -0.387 e. The summed E-state index contributed by atoms with van der Waals surface area (Å²) in [5, 5.41) is 14.6. The van der Waals surface area contributed by atoms with E-state index in [2.05, 4.69) is 10.3 Å². The fourth-order valence-corrected chi connectivity index (χ4v) is 4.19. The summed E-state index contributed by atoms with van der Waals surface area (Å²) < 4.78 is 15.4. The van der Waals surface area contributed by atoms with Gasteiger partial charge in [-0.3, -0.25) is 9.36 Å². The summed E-state index contributed by atoms with van der Waals surface area (Å²) in [5.41, 5.74) is -0.691. The summed E-state index contributed by atoms with van der Waals surface area (Å²) in [6.45, 7) is 1.77. The average molecular weight is 343 g/mol. The van der Waals surface area contributed by atoms with E-state index >= 15 is 0 Å². The molecule has 5 nitrogen and oxygen atoms in total. The van der Waals surface area contributed by atoms with Gasteiger partial charge in [0.15, 0.2) is 0 Å². The van der Waals surface area contributed by atoms with Gasteiger partial charge in [0.2, 0.25) is 0 Å². The molecule has 2 aromatic rings. The maximum atomic E-state index is 13.9. The highest BCUT2D eigenvalue weighted by Crippen LogP contribution is 2.52. The smallest absolute Gasteiger partial charge is 0.253 e. The van der Waals surface area contributed by atoms with Crippen molar-refractivity contribution >= 4 is 0 Å². The van der Waals surface area contributed by atoms with E-state index in [0.717, 1.165) is 32.4 Å². The number of nitrogens with one attached hydrogen (secondary N) is 1. The van der Waals surface area contributed by atoms with Crippen LogP contribution in [0.5, 0.6) is 0 Å². The maximum absolute atomic E-state index is 13.9. The summed E-state index contributed by atoms with van der Waals surface area (Å²) in [4.78, 5) is 16.8. The van der Waals surface area contributed by atoms with Crippen LogP contribution in [0.2, 0.25) is 0 Å². The highest BCUT2D eigenvalue weighted by Gasteiger charge is 2.55. The van der Waals surface area contributed by atoms with Crippen molar-refractivity contribution in [3.63, 3.8) is 0 Å². The van der Waals surface area contributed by atoms with Crippen molar-refractivity contribution in [2.24, 2.45) is 5.41 Å². The lowest BCUT2D eigenvalue weighted by atomic mass is 9.56. The van der Waals surface area contributed by atoms with Gasteiger partial charge in [0, 0.05) is 23.6 Å². The zero-order valence-corrected chi connectivity index (χ0v) is 14.0. The van der Waals surface area contributed by atoms with Gasteiger partial charge in [-0.25, -0.2) is 9.37 Å². The number of benzene rings is 1. The quantitative estimate of drug-likeness (QED) is 0.894. The number of piperidine rings is 1. The lowest BCUT2D eigenvalue weighted by molar-refractivity contribution is -0.155. The third-order valence-corrected chi connectivity index (χ3v) is 5.94. The van der Waals surface area contributed by atoms with Crippen LogP contribution in [0.25, 0.3) is 11.3 Å². The molecular weight excluding hydrogens is 321 g/mol. The van der Waals surface area contributed by atoms with E-state index in [1.807, 2.05) is 0 Å². The summed E-state index contributed by atoms with van der Waals surface area (Å²) in [6, 6.07) is 7.61. The van der Waals surface area contributed by atoms with Crippen LogP contribution < -0.4 is 10.9 Å². The standard InChI is InChI=1S/C19H22FN3O2/c20-15-5-2-1-4-14(15)16-10-17(24)23(13-22-16)12-19(25)8-9-21-11-18(19)6-3-7-18/h1-2,4-5,10,13,21,25H,3,6-9,11-12H2. The molecule has 0 bridgehead atoms. The third kappa shape index (κ3) is 2.69. The molecule has 1 saturated heterocycles. The Hall–Kier alpha value is -2.05. The van der Waals surface area contributed by atoms with Gasteiger partial charge >= 0.3 is 0 Å². The molecule has 1 aliphatic carbocycles. The molecule has 0 amide bonds. The largest absolute Gasteiger partial charge is 0.387 e. The number of hydrogen-bond donors (Lipinski definition) is 2. The first-order chi connectivity index (χ1) is 12.0. The SMILES string of the molecule is O=c1cc(-c2ccccc2F)ncn1CC1(O)CCNCC12CCC2. The Morgan fingerprint density at radius 2 is 2.08 bits per heavy atom. The number of hydrogen-bond acceptors (Lipinski definition) is 4. The summed E-state index contributed by atoms with van der Waals surface area (Å²) in [7, 11) is 0. The predicted octanol–water partition coefficient (Wildman–Crippen LogP) is 1.94. The Morgan fingerprint density at radius 1 is 1.28 bits per heavy atom. The number of aliphatic hydroxyl groups is 1. The van der Waals surface area contributed by atoms with Crippen molar-refractivity contribution in [3.8, 4) is 11.3 Å². The fraction of sp³-hybridized carbons (Fsp3) is 0.474. The fourth-order valence-electron chi connectivity index (χ4n) is 4.19. The van der Waals surface area contributed by atoms with Crippen LogP contribution in [-0.4, -0.2) is 33.3 Å². The van der Waals surface area contributed by atoms with E-state index in [1.165, 1.54) is 23.0 Å². The van der Waals surface area contributed by atoms with Crippen LogP contribution in [-0.2, 0) is 6.54 Å². The van der Waals surface area contributed by atoms with Gasteiger partial charge in [-0.15, -0.1) is 0 Å². The molecule has 4 rings (SSSR count). The summed E-state index contributed by atoms with van der Waals surface area (Å²) in [6.07, 6.45) is 5.12. The van der Waals surface area contributed by atoms with Gasteiger partial charge in [0.05, 0.1) is 24.2 Å². The maximum Gasteiger partial charge on any atom is 0.253 e. The van der Waals surface area contributed by atoms with Gasteiger partial charge < -0.3 is 10.4 Å². The molecule has 2 N–H and O–H groups in total. The van der Waals surface area contributed by atoms with Crippen LogP contribution in [0.1, 0.15) is 25.7 Å². The number of aromatic nitrogens is 2. The first-order valence-electron chi connectivity index (χ1n) is 8.78. The molecule has 1 unspecified atom stereocenters. The molecule has 2 fully saturated rings. The monoisotopic (exact) mass is 343 g/mol. The molecule has 2 aliphatic rings. The number of nitrogens with zero attached hydrogens (tertiary/aromatic N) is 2. The Kier molecular flexibility index (Phi) is 3.96. The molecule has 6 heteroatoms. The van der Waals surface area contributed by atoms with Crippen molar-refractivity contribution in [1.29, 1.82) is 0 Å². The van der Waals surface area contributed by atoms with Crippen molar-refractivity contribution in [2.45, 2.75) is 37.8 Å². The zero-order valence-electron chi connectivity index (χ0n) is 14.0. The molecule has 2 heterocycles. The molecule has 0 radical (unpaired) electrons.